The Bertz CT molecular complexity index is 914. The zero-order valence-corrected chi connectivity index (χ0v) is 13.9. The number of nitrogens with two attached hydrogens (primary N) is 1. The number of benzene rings is 1. The molecule has 0 aliphatic rings. The molecule has 23 heavy (non-hydrogen) atoms. The molecule has 3 rings (SSSR count). The fourth-order valence-corrected chi connectivity index (χ4v) is 3.57. The van der Waals surface area contributed by atoms with Crippen LogP contribution >= 0.6 is 11.3 Å². The second-order valence-electron chi connectivity index (χ2n) is 5.47. The molecule has 2 aromatic heterocycles. The number of phenols is 1. The van der Waals surface area contributed by atoms with Crippen molar-refractivity contribution in [3.8, 4) is 5.75 Å². The summed E-state index contributed by atoms with van der Waals surface area (Å²) in [4.78, 5) is 18.3. The number of carbonyl (C=O) groups excluding carboxylic acids is 1. The Labute approximate surface area is 137 Å². The molecule has 6 heteroatoms. The number of hydrogen-bond donors (Lipinski definition) is 3. The van der Waals surface area contributed by atoms with Gasteiger partial charge in [0.15, 0.2) is 0 Å². The molecule has 0 aliphatic carbocycles. The first-order valence-corrected chi connectivity index (χ1v) is 7.96. The third kappa shape index (κ3) is 2.61. The van der Waals surface area contributed by atoms with Crippen molar-refractivity contribution < 1.29 is 9.90 Å². The number of nitrogens with zero attached hydrogens (tertiary/aromatic N) is 1. The monoisotopic (exact) mass is 327 g/mol. The number of pyridine rings is 1. The maximum absolute atomic E-state index is 12.5. The molecule has 0 radical (unpaired) electrons. The SMILES string of the molecule is Cc1nc2sc(C(=O)Nc3ccc(O)cc3)c(N)c2c(C)c1C. The highest BCUT2D eigenvalue weighted by Crippen LogP contribution is 2.36. The highest BCUT2D eigenvalue weighted by molar-refractivity contribution is 7.21. The summed E-state index contributed by atoms with van der Waals surface area (Å²) in [5.74, 6) is -0.124. The second kappa shape index (κ2) is 5.55. The van der Waals surface area contributed by atoms with Crippen molar-refractivity contribution in [1.82, 2.24) is 4.98 Å². The van der Waals surface area contributed by atoms with Crippen LogP contribution in [0.5, 0.6) is 5.75 Å². The van der Waals surface area contributed by atoms with E-state index < -0.39 is 0 Å². The lowest BCUT2D eigenvalue weighted by molar-refractivity contribution is 0.103. The second-order valence-corrected chi connectivity index (χ2v) is 6.47. The van der Waals surface area contributed by atoms with Gasteiger partial charge in [-0.3, -0.25) is 4.79 Å². The summed E-state index contributed by atoms with van der Waals surface area (Å²) in [5.41, 5.74) is 10.4. The number of rotatable bonds is 2. The van der Waals surface area contributed by atoms with Crippen molar-refractivity contribution in [2.24, 2.45) is 0 Å². The zero-order valence-electron chi connectivity index (χ0n) is 13.1. The first-order valence-electron chi connectivity index (χ1n) is 7.14. The van der Waals surface area contributed by atoms with Crippen LogP contribution < -0.4 is 11.1 Å². The Morgan fingerprint density at radius 1 is 1.17 bits per heavy atom. The molecule has 3 aromatic rings. The average molecular weight is 327 g/mol. The van der Waals surface area contributed by atoms with Crippen LogP contribution in [0.25, 0.3) is 10.2 Å². The quantitative estimate of drug-likeness (QED) is 0.625. The van der Waals surface area contributed by atoms with Crippen LogP contribution in [0.1, 0.15) is 26.5 Å². The van der Waals surface area contributed by atoms with Crippen LogP contribution in [0.2, 0.25) is 0 Å². The van der Waals surface area contributed by atoms with Gasteiger partial charge in [-0.25, -0.2) is 4.98 Å². The summed E-state index contributed by atoms with van der Waals surface area (Å²) >= 11 is 1.29. The van der Waals surface area contributed by atoms with Crippen LogP contribution in [0.4, 0.5) is 11.4 Å². The number of aryl methyl sites for hydroxylation is 2. The molecule has 0 atom stereocenters. The van der Waals surface area contributed by atoms with Gasteiger partial charge in [0, 0.05) is 16.8 Å². The van der Waals surface area contributed by atoms with Crippen LogP contribution in [-0.2, 0) is 0 Å². The molecule has 0 aliphatic heterocycles. The zero-order chi connectivity index (χ0) is 16.7. The summed E-state index contributed by atoms with van der Waals surface area (Å²) in [7, 11) is 0. The van der Waals surface area contributed by atoms with Gasteiger partial charge in [0.2, 0.25) is 0 Å². The van der Waals surface area contributed by atoms with E-state index in [1.807, 2.05) is 20.8 Å². The van der Waals surface area contributed by atoms with E-state index in [-0.39, 0.29) is 11.7 Å². The number of hydrogen-bond acceptors (Lipinski definition) is 5. The van der Waals surface area contributed by atoms with E-state index in [1.165, 1.54) is 23.5 Å². The van der Waals surface area contributed by atoms with Crippen molar-refractivity contribution in [3.63, 3.8) is 0 Å². The van der Waals surface area contributed by atoms with Crippen LogP contribution in [-0.4, -0.2) is 16.0 Å². The van der Waals surface area contributed by atoms with Crippen molar-refractivity contribution in [2.45, 2.75) is 20.8 Å². The molecular formula is C17H17N3O2S. The van der Waals surface area contributed by atoms with Crippen molar-refractivity contribution in [3.05, 3.63) is 46.0 Å². The maximum atomic E-state index is 12.5. The minimum Gasteiger partial charge on any atom is -0.508 e. The molecule has 5 nitrogen and oxygen atoms in total. The molecule has 4 N–H and O–H groups in total. The molecule has 1 aromatic carbocycles. The van der Waals surface area contributed by atoms with Crippen molar-refractivity contribution in [1.29, 1.82) is 0 Å². The van der Waals surface area contributed by atoms with Crippen LogP contribution in [0.15, 0.2) is 24.3 Å². The van der Waals surface area contributed by atoms with Crippen molar-refractivity contribution in [2.75, 3.05) is 11.1 Å². The highest BCUT2D eigenvalue weighted by Gasteiger charge is 2.20. The summed E-state index contributed by atoms with van der Waals surface area (Å²) in [5, 5.41) is 12.9. The number of nitrogens with one attached hydrogen (secondary N) is 1. The maximum Gasteiger partial charge on any atom is 0.267 e. The molecule has 2 heterocycles. The lowest BCUT2D eigenvalue weighted by Crippen LogP contribution is -2.11. The van der Waals surface area contributed by atoms with Gasteiger partial charge < -0.3 is 16.2 Å². The Balaban J connectivity index is 2.02. The van der Waals surface area contributed by atoms with Gasteiger partial charge in [-0.15, -0.1) is 11.3 Å². The smallest absolute Gasteiger partial charge is 0.267 e. The van der Waals surface area contributed by atoms with E-state index in [0.717, 1.165) is 27.0 Å². The molecular weight excluding hydrogens is 310 g/mol. The fraction of sp³-hybridized carbons (Fsp3) is 0.176. The number of amides is 1. The molecule has 0 spiro atoms. The number of thiophene rings is 1. The fourth-order valence-electron chi connectivity index (χ4n) is 2.47. The normalized spacial score (nSPS) is 10.9. The van der Waals surface area contributed by atoms with Crippen LogP contribution in [0.3, 0.4) is 0 Å². The molecule has 1 amide bonds. The lowest BCUT2D eigenvalue weighted by Gasteiger charge is -2.06. The van der Waals surface area contributed by atoms with E-state index in [1.54, 1.807) is 12.1 Å². The van der Waals surface area contributed by atoms with E-state index in [9.17, 15) is 9.90 Å². The summed E-state index contributed by atoms with van der Waals surface area (Å²) in [6.45, 7) is 5.95. The Kier molecular flexibility index (Phi) is 3.69. The standard InChI is InChI=1S/C17H17N3O2S/c1-8-9(2)13-14(18)15(23-17(13)19-10(8)3)16(22)20-11-4-6-12(21)7-5-11/h4-7,21H,18H2,1-3H3,(H,20,22). The highest BCUT2D eigenvalue weighted by atomic mass is 32.1. The molecule has 0 saturated carbocycles. The van der Waals surface area contributed by atoms with Gasteiger partial charge in [-0.2, -0.15) is 0 Å². The molecule has 0 unspecified atom stereocenters. The number of phenolic OH excluding ortho intramolecular Hbond substituents is 1. The number of aromatic nitrogens is 1. The third-order valence-corrected chi connectivity index (χ3v) is 5.11. The van der Waals surface area contributed by atoms with Gasteiger partial charge >= 0.3 is 0 Å². The number of carbonyl (C=O) groups is 1. The number of nitrogen functional groups attached to an aromatic ring is 1. The number of fused-ring (bicyclic) bond motifs is 1. The molecule has 0 fully saturated rings. The summed E-state index contributed by atoms with van der Waals surface area (Å²) < 4.78 is 0. The summed E-state index contributed by atoms with van der Waals surface area (Å²) in [6.07, 6.45) is 0. The Hall–Kier alpha value is -2.60. The number of aromatic hydroxyl groups is 1. The predicted octanol–water partition coefficient (Wildman–Crippen LogP) is 3.76. The van der Waals surface area contributed by atoms with Gasteiger partial charge in [-0.1, -0.05) is 0 Å². The minimum atomic E-state index is -0.272. The largest absolute Gasteiger partial charge is 0.508 e. The minimum absolute atomic E-state index is 0.148. The van der Waals surface area contributed by atoms with E-state index in [0.29, 0.717) is 16.3 Å². The van der Waals surface area contributed by atoms with E-state index >= 15 is 0 Å². The Morgan fingerprint density at radius 3 is 2.48 bits per heavy atom. The summed E-state index contributed by atoms with van der Waals surface area (Å²) in [6, 6.07) is 6.30. The first kappa shape index (κ1) is 15.3. The van der Waals surface area contributed by atoms with E-state index in [4.69, 9.17) is 5.73 Å². The van der Waals surface area contributed by atoms with Gasteiger partial charge in [-0.05, 0) is 56.2 Å². The van der Waals surface area contributed by atoms with Gasteiger partial charge in [0.05, 0.1) is 5.69 Å². The molecule has 118 valence electrons. The number of anilines is 2. The lowest BCUT2D eigenvalue weighted by atomic mass is 10.1. The predicted molar refractivity (Wildman–Crippen MR) is 94.3 cm³/mol. The van der Waals surface area contributed by atoms with Gasteiger partial charge in [0.1, 0.15) is 15.5 Å². The Morgan fingerprint density at radius 2 is 1.83 bits per heavy atom. The molecule has 0 saturated heterocycles. The van der Waals surface area contributed by atoms with Gasteiger partial charge in [0.25, 0.3) is 5.91 Å². The molecule has 0 bridgehead atoms. The third-order valence-electron chi connectivity index (χ3n) is 4.01. The topological polar surface area (TPSA) is 88.2 Å². The first-order chi connectivity index (χ1) is 10.9. The van der Waals surface area contributed by atoms with Crippen molar-refractivity contribution >= 4 is 38.8 Å². The average Bonchev–Trinajstić information content (AvgIpc) is 2.84. The van der Waals surface area contributed by atoms with Crippen LogP contribution in [0, 0.1) is 20.8 Å². The van der Waals surface area contributed by atoms with E-state index in [2.05, 4.69) is 10.3 Å².